The van der Waals surface area contributed by atoms with Gasteiger partial charge in [-0.1, -0.05) is 36.3 Å². The average Bonchev–Trinajstić information content (AvgIpc) is 2.96. The average molecular weight is 281 g/mol. The number of Topliss-reactive ketones (excluding diaryl/α,β-unsaturated/α-hetero) is 1. The molecule has 1 unspecified atom stereocenters. The van der Waals surface area contributed by atoms with Gasteiger partial charge < -0.3 is 4.52 Å². The molecule has 0 amide bonds. The van der Waals surface area contributed by atoms with Gasteiger partial charge in [0.2, 0.25) is 11.7 Å². The van der Waals surface area contributed by atoms with Crippen LogP contribution in [-0.4, -0.2) is 20.9 Å². The van der Waals surface area contributed by atoms with Gasteiger partial charge in [-0.15, -0.1) is 0 Å². The third-order valence-electron chi connectivity index (χ3n) is 3.47. The molecular formula is C16H15N3O2. The van der Waals surface area contributed by atoms with Crippen LogP contribution < -0.4 is 0 Å². The van der Waals surface area contributed by atoms with Crippen molar-refractivity contribution < 1.29 is 9.32 Å². The zero-order chi connectivity index (χ0) is 14.8. The van der Waals surface area contributed by atoms with Gasteiger partial charge in [0.15, 0.2) is 0 Å². The Morgan fingerprint density at radius 2 is 2.00 bits per heavy atom. The van der Waals surface area contributed by atoms with Crippen LogP contribution in [0.1, 0.15) is 32.1 Å². The van der Waals surface area contributed by atoms with E-state index in [1.807, 2.05) is 43.3 Å². The Bertz CT molecular complexity index is 795. The van der Waals surface area contributed by atoms with Crippen molar-refractivity contribution >= 4 is 16.7 Å². The van der Waals surface area contributed by atoms with Crippen molar-refractivity contribution in [2.75, 3.05) is 0 Å². The SMILES string of the molecule is CCC(C(C)=O)c1nc(-c2ccc3ccccc3n2)no1. The molecule has 1 aromatic carbocycles. The minimum atomic E-state index is -0.341. The third kappa shape index (κ3) is 2.54. The normalized spacial score (nSPS) is 12.5. The van der Waals surface area contributed by atoms with Crippen LogP contribution in [0.15, 0.2) is 40.9 Å². The van der Waals surface area contributed by atoms with Gasteiger partial charge in [-0.05, 0) is 25.5 Å². The van der Waals surface area contributed by atoms with E-state index in [1.165, 1.54) is 6.92 Å². The number of para-hydroxylation sites is 1. The number of hydrogen-bond donors (Lipinski definition) is 0. The highest BCUT2D eigenvalue weighted by Crippen LogP contribution is 2.23. The molecule has 1 atom stereocenters. The van der Waals surface area contributed by atoms with E-state index >= 15 is 0 Å². The summed E-state index contributed by atoms with van der Waals surface area (Å²) < 4.78 is 5.22. The summed E-state index contributed by atoms with van der Waals surface area (Å²) in [7, 11) is 0. The fourth-order valence-electron chi connectivity index (χ4n) is 2.31. The molecule has 2 aromatic heterocycles. The molecule has 3 aromatic rings. The monoisotopic (exact) mass is 281 g/mol. The summed E-state index contributed by atoms with van der Waals surface area (Å²) >= 11 is 0. The number of fused-ring (bicyclic) bond motifs is 1. The van der Waals surface area contributed by atoms with Crippen LogP contribution in [0.25, 0.3) is 22.4 Å². The molecule has 5 heteroatoms. The van der Waals surface area contributed by atoms with Crippen LogP contribution in [0.3, 0.4) is 0 Å². The Morgan fingerprint density at radius 3 is 2.76 bits per heavy atom. The maximum absolute atomic E-state index is 11.6. The van der Waals surface area contributed by atoms with Gasteiger partial charge in [0.05, 0.1) is 11.4 Å². The van der Waals surface area contributed by atoms with Gasteiger partial charge in [-0.3, -0.25) is 4.79 Å². The molecule has 0 fully saturated rings. The second kappa shape index (κ2) is 5.44. The first-order valence-corrected chi connectivity index (χ1v) is 6.89. The predicted octanol–water partition coefficient (Wildman–Crippen LogP) is 3.37. The van der Waals surface area contributed by atoms with Gasteiger partial charge in [0.25, 0.3) is 0 Å². The van der Waals surface area contributed by atoms with Crippen LogP contribution in [0.4, 0.5) is 0 Å². The van der Waals surface area contributed by atoms with E-state index in [0.29, 0.717) is 23.8 Å². The summed E-state index contributed by atoms with van der Waals surface area (Å²) in [4.78, 5) is 20.4. The lowest BCUT2D eigenvalue weighted by atomic mass is 10.0. The summed E-state index contributed by atoms with van der Waals surface area (Å²) in [5.41, 5.74) is 1.52. The van der Waals surface area contributed by atoms with E-state index in [2.05, 4.69) is 15.1 Å². The number of pyridine rings is 1. The quantitative estimate of drug-likeness (QED) is 0.733. The maximum Gasteiger partial charge on any atom is 0.237 e. The van der Waals surface area contributed by atoms with Gasteiger partial charge in [-0.2, -0.15) is 4.98 Å². The topological polar surface area (TPSA) is 68.9 Å². The van der Waals surface area contributed by atoms with Crippen molar-refractivity contribution in [3.05, 3.63) is 42.3 Å². The lowest BCUT2D eigenvalue weighted by Crippen LogP contribution is -2.07. The predicted molar refractivity (Wildman–Crippen MR) is 78.7 cm³/mol. The van der Waals surface area contributed by atoms with E-state index in [4.69, 9.17) is 4.52 Å². The Kier molecular flexibility index (Phi) is 3.48. The van der Waals surface area contributed by atoms with E-state index in [1.54, 1.807) is 0 Å². The molecule has 21 heavy (non-hydrogen) atoms. The summed E-state index contributed by atoms with van der Waals surface area (Å²) in [6, 6.07) is 11.7. The zero-order valence-corrected chi connectivity index (χ0v) is 11.9. The molecule has 106 valence electrons. The molecule has 0 saturated carbocycles. The van der Waals surface area contributed by atoms with Gasteiger partial charge in [0, 0.05) is 5.39 Å². The van der Waals surface area contributed by atoms with E-state index in [0.717, 1.165) is 10.9 Å². The number of carbonyl (C=O) groups is 1. The van der Waals surface area contributed by atoms with Crippen molar-refractivity contribution in [1.82, 2.24) is 15.1 Å². The van der Waals surface area contributed by atoms with Crippen LogP contribution in [0, 0.1) is 0 Å². The summed E-state index contributed by atoms with van der Waals surface area (Å²) in [5.74, 6) is 0.455. The highest BCUT2D eigenvalue weighted by Gasteiger charge is 2.22. The van der Waals surface area contributed by atoms with E-state index in [-0.39, 0.29) is 11.7 Å². The third-order valence-corrected chi connectivity index (χ3v) is 3.47. The fraction of sp³-hybridized carbons (Fsp3) is 0.250. The van der Waals surface area contributed by atoms with Crippen LogP contribution in [0.2, 0.25) is 0 Å². The zero-order valence-electron chi connectivity index (χ0n) is 11.9. The summed E-state index contributed by atoms with van der Waals surface area (Å²) in [6.07, 6.45) is 0.641. The molecule has 0 aliphatic carbocycles. The molecule has 0 aliphatic rings. The molecule has 0 N–H and O–H groups in total. The summed E-state index contributed by atoms with van der Waals surface area (Å²) in [5, 5.41) is 5.00. The first-order valence-electron chi connectivity index (χ1n) is 6.89. The number of carbonyl (C=O) groups excluding carboxylic acids is 1. The number of nitrogens with zero attached hydrogens (tertiary/aromatic N) is 3. The van der Waals surface area contributed by atoms with E-state index < -0.39 is 0 Å². The Morgan fingerprint density at radius 1 is 1.19 bits per heavy atom. The van der Waals surface area contributed by atoms with Crippen molar-refractivity contribution in [2.45, 2.75) is 26.2 Å². The number of hydrogen-bond acceptors (Lipinski definition) is 5. The maximum atomic E-state index is 11.6. The largest absolute Gasteiger partial charge is 0.338 e. The molecular weight excluding hydrogens is 266 g/mol. The van der Waals surface area contributed by atoms with E-state index in [9.17, 15) is 4.79 Å². The van der Waals surface area contributed by atoms with Crippen molar-refractivity contribution in [1.29, 1.82) is 0 Å². The number of rotatable bonds is 4. The standard InChI is InChI=1S/C16H15N3O2/c1-3-12(10(2)20)16-18-15(19-21-16)14-9-8-11-6-4-5-7-13(11)17-14/h4-9,12H,3H2,1-2H3. The molecule has 0 aliphatic heterocycles. The Hall–Kier alpha value is -2.56. The van der Waals surface area contributed by atoms with Crippen molar-refractivity contribution in [3.8, 4) is 11.5 Å². The molecule has 2 heterocycles. The number of ketones is 1. The lowest BCUT2D eigenvalue weighted by Gasteiger charge is -2.03. The highest BCUT2D eigenvalue weighted by molar-refractivity contribution is 5.82. The Labute approximate surface area is 122 Å². The minimum absolute atomic E-state index is 0.0270. The molecule has 5 nitrogen and oxygen atoms in total. The number of benzene rings is 1. The fourth-order valence-corrected chi connectivity index (χ4v) is 2.31. The molecule has 3 rings (SSSR count). The van der Waals surface area contributed by atoms with Crippen LogP contribution >= 0.6 is 0 Å². The molecule has 0 saturated heterocycles. The lowest BCUT2D eigenvalue weighted by molar-refractivity contribution is -0.119. The van der Waals surface area contributed by atoms with Crippen LogP contribution in [-0.2, 0) is 4.79 Å². The molecule has 0 bridgehead atoms. The highest BCUT2D eigenvalue weighted by atomic mass is 16.5. The molecule has 0 spiro atoms. The number of aromatic nitrogens is 3. The van der Waals surface area contributed by atoms with Crippen molar-refractivity contribution in [3.63, 3.8) is 0 Å². The van der Waals surface area contributed by atoms with Crippen LogP contribution in [0.5, 0.6) is 0 Å². The minimum Gasteiger partial charge on any atom is -0.338 e. The summed E-state index contributed by atoms with van der Waals surface area (Å²) in [6.45, 7) is 3.45. The van der Waals surface area contributed by atoms with Crippen molar-refractivity contribution in [2.24, 2.45) is 0 Å². The first-order chi connectivity index (χ1) is 10.2. The second-order valence-electron chi connectivity index (χ2n) is 4.92. The smallest absolute Gasteiger partial charge is 0.237 e. The van der Waals surface area contributed by atoms with Gasteiger partial charge >= 0.3 is 0 Å². The van der Waals surface area contributed by atoms with Gasteiger partial charge in [-0.25, -0.2) is 4.98 Å². The second-order valence-corrected chi connectivity index (χ2v) is 4.92. The molecule has 0 radical (unpaired) electrons. The van der Waals surface area contributed by atoms with Gasteiger partial charge in [0.1, 0.15) is 11.5 Å². The Balaban J connectivity index is 1.99. The first kappa shape index (κ1) is 13.4.